The van der Waals surface area contributed by atoms with Crippen LogP contribution in [0.3, 0.4) is 0 Å². The summed E-state index contributed by atoms with van der Waals surface area (Å²) in [6.07, 6.45) is 6.42. The van der Waals surface area contributed by atoms with Crippen molar-refractivity contribution in [2.45, 2.75) is 82.7 Å². The van der Waals surface area contributed by atoms with E-state index in [-0.39, 0.29) is 13.0 Å². The molecule has 12 heteroatoms. The quantitative estimate of drug-likeness (QED) is 0.445. The Labute approximate surface area is 184 Å². The number of hydrogen-bond donors (Lipinski definition) is 1. The largest absolute Gasteiger partial charge is 0.498 e. The van der Waals surface area contributed by atoms with Crippen molar-refractivity contribution >= 4 is 28.3 Å². The molecule has 1 aromatic rings. The van der Waals surface area contributed by atoms with E-state index in [0.717, 1.165) is 24.6 Å². The Bertz CT molecular complexity index is 865. The third kappa shape index (κ3) is 5.86. The zero-order valence-electron chi connectivity index (χ0n) is 18.8. The molecule has 0 radical (unpaired) electrons. The predicted octanol–water partition coefficient (Wildman–Crippen LogP) is 0.560. The molecule has 2 fully saturated rings. The summed E-state index contributed by atoms with van der Waals surface area (Å²) in [6.45, 7) is 8.64. The molecule has 174 valence electrons. The van der Waals surface area contributed by atoms with E-state index in [2.05, 4.69) is 10.6 Å². The molecular formula is C19H32BN3O7S. The fraction of sp³-hybridized carbons (Fsp3) is 0.789. The van der Waals surface area contributed by atoms with Crippen LogP contribution in [0.4, 0.5) is 0 Å². The SMILES string of the molecule is CC1(C)OB(c2cnn(CCC(C(=O)NOC3CCCCO3)S(C)(=O)=O)c2)OC1(C)C. The number of hydroxylamine groups is 1. The lowest BCUT2D eigenvalue weighted by Gasteiger charge is -2.32. The highest BCUT2D eigenvalue weighted by Crippen LogP contribution is 2.36. The summed E-state index contributed by atoms with van der Waals surface area (Å²) in [5, 5.41) is 3.00. The molecule has 0 spiro atoms. The Morgan fingerprint density at radius 1 is 1.32 bits per heavy atom. The summed E-state index contributed by atoms with van der Waals surface area (Å²) >= 11 is 0. The van der Waals surface area contributed by atoms with Gasteiger partial charge in [0.05, 0.1) is 11.2 Å². The third-order valence-corrected chi connectivity index (χ3v) is 7.52. The number of rotatable bonds is 8. The lowest BCUT2D eigenvalue weighted by molar-refractivity contribution is -0.200. The smallest absolute Gasteiger partial charge is 0.399 e. The van der Waals surface area contributed by atoms with Crippen molar-refractivity contribution in [2.24, 2.45) is 0 Å². The molecule has 2 aliphatic heterocycles. The molecule has 2 saturated heterocycles. The number of aromatic nitrogens is 2. The van der Waals surface area contributed by atoms with Crippen LogP contribution in [-0.2, 0) is 40.1 Å². The van der Waals surface area contributed by atoms with E-state index in [1.807, 2.05) is 27.7 Å². The monoisotopic (exact) mass is 457 g/mol. The summed E-state index contributed by atoms with van der Waals surface area (Å²) in [7, 11) is -4.21. The van der Waals surface area contributed by atoms with Crippen molar-refractivity contribution < 1.29 is 32.1 Å². The molecule has 2 atom stereocenters. The van der Waals surface area contributed by atoms with Crippen LogP contribution in [0.2, 0.25) is 0 Å². The number of hydrogen-bond acceptors (Lipinski definition) is 8. The molecule has 1 N–H and O–H groups in total. The molecule has 1 aromatic heterocycles. The number of nitrogens with zero attached hydrogens (tertiary/aromatic N) is 2. The van der Waals surface area contributed by atoms with Gasteiger partial charge in [0, 0.05) is 43.7 Å². The lowest BCUT2D eigenvalue weighted by atomic mass is 9.82. The molecule has 2 aliphatic rings. The molecule has 31 heavy (non-hydrogen) atoms. The predicted molar refractivity (Wildman–Crippen MR) is 114 cm³/mol. The normalized spacial score (nSPS) is 24.2. The van der Waals surface area contributed by atoms with Gasteiger partial charge in [-0.05, 0) is 47.0 Å². The minimum atomic E-state index is -3.65. The van der Waals surface area contributed by atoms with Crippen LogP contribution in [0.25, 0.3) is 0 Å². The van der Waals surface area contributed by atoms with Gasteiger partial charge in [-0.2, -0.15) is 5.10 Å². The van der Waals surface area contributed by atoms with Gasteiger partial charge in [-0.3, -0.25) is 9.48 Å². The Morgan fingerprint density at radius 3 is 2.58 bits per heavy atom. The van der Waals surface area contributed by atoms with Crippen LogP contribution in [0.5, 0.6) is 0 Å². The average molecular weight is 457 g/mol. The summed E-state index contributed by atoms with van der Waals surface area (Å²) in [5.74, 6) is -0.713. The topological polar surface area (TPSA) is 118 Å². The molecule has 10 nitrogen and oxygen atoms in total. The second kappa shape index (κ2) is 9.18. The Kier molecular flexibility index (Phi) is 7.16. The van der Waals surface area contributed by atoms with E-state index in [0.29, 0.717) is 13.0 Å². The van der Waals surface area contributed by atoms with Crippen LogP contribution in [0, 0.1) is 0 Å². The number of carbonyl (C=O) groups excluding carboxylic acids is 1. The number of amides is 1. The van der Waals surface area contributed by atoms with Crippen molar-refractivity contribution in [3.8, 4) is 0 Å². The van der Waals surface area contributed by atoms with Crippen molar-refractivity contribution in [3.05, 3.63) is 12.4 Å². The second-order valence-corrected chi connectivity index (χ2v) is 11.3. The van der Waals surface area contributed by atoms with Crippen LogP contribution in [-0.4, -0.2) is 66.8 Å². The first-order chi connectivity index (χ1) is 14.4. The van der Waals surface area contributed by atoms with Gasteiger partial charge in [0.15, 0.2) is 16.1 Å². The Morgan fingerprint density at radius 2 is 2.00 bits per heavy atom. The molecular weight excluding hydrogens is 425 g/mol. The molecule has 3 rings (SSSR count). The minimum Gasteiger partial charge on any atom is -0.399 e. The fourth-order valence-corrected chi connectivity index (χ4v) is 4.36. The van der Waals surface area contributed by atoms with E-state index in [1.165, 1.54) is 0 Å². The Hall–Kier alpha value is -1.47. The van der Waals surface area contributed by atoms with Gasteiger partial charge >= 0.3 is 7.12 Å². The van der Waals surface area contributed by atoms with Gasteiger partial charge in [-0.25, -0.2) is 18.7 Å². The first-order valence-electron chi connectivity index (χ1n) is 10.5. The number of carbonyl (C=O) groups is 1. The third-order valence-electron chi connectivity index (χ3n) is 6.04. The maximum Gasteiger partial charge on any atom is 0.498 e. The standard InChI is InChI=1S/C19H32BN3O7S/c1-18(2)19(3,4)30-20(29-18)14-12-21-23(13-14)10-9-15(31(5,25)26)17(24)22-28-16-8-6-7-11-27-16/h12-13,15-16H,6-11H2,1-5H3,(H,22,24). The second-order valence-electron chi connectivity index (χ2n) is 9.11. The van der Waals surface area contributed by atoms with E-state index in [4.69, 9.17) is 18.9 Å². The Balaban J connectivity index is 1.58. The molecule has 0 saturated carbocycles. The number of nitrogens with one attached hydrogen (secondary N) is 1. The fourth-order valence-electron chi connectivity index (χ4n) is 3.39. The summed E-state index contributed by atoms with van der Waals surface area (Å²) < 4.78 is 43.3. The highest BCUT2D eigenvalue weighted by atomic mass is 32.2. The van der Waals surface area contributed by atoms with Crippen molar-refractivity contribution in [2.75, 3.05) is 12.9 Å². The van der Waals surface area contributed by atoms with Crippen molar-refractivity contribution in [1.29, 1.82) is 0 Å². The lowest BCUT2D eigenvalue weighted by Crippen LogP contribution is -2.42. The van der Waals surface area contributed by atoms with Crippen molar-refractivity contribution in [1.82, 2.24) is 15.3 Å². The highest BCUT2D eigenvalue weighted by Gasteiger charge is 2.52. The molecule has 0 bridgehead atoms. The molecule has 2 unspecified atom stereocenters. The minimum absolute atomic E-state index is 0.0457. The molecule has 0 aromatic carbocycles. The van der Waals surface area contributed by atoms with Gasteiger partial charge in [0.2, 0.25) is 0 Å². The first kappa shape index (κ1) is 24.2. The van der Waals surface area contributed by atoms with E-state index in [1.54, 1.807) is 17.1 Å². The summed E-state index contributed by atoms with van der Waals surface area (Å²) in [4.78, 5) is 17.7. The zero-order chi connectivity index (χ0) is 22.9. The zero-order valence-corrected chi connectivity index (χ0v) is 19.6. The number of sulfone groups is 1. The average Bonchev–Trinajstić information content (AvgIpc) is 3.22. The van der Waals surface area contributed by atoms with E-state index in [9.17, 15) is 13.2 Å². The number of ether oxygens (including phenoxy) is 1. The number of aryl methyl sites for hydroxylation is 1. The van der Waals surface area contributed by atoms with Gasteiger partial charge in [-0.1, -0.05) is 0 Å². The van der Waals surface area contributed by atoms with Crippen LogP contribution in [0.1, 0.15) is 53.4 Å². The van der Waals surface area contributed by atoms with Gasteiger partial charge < -0.3 is 14.0 Å². The van der Waals surface area contributed by atoms with Gasteiger partial charge in [-0.15, -0.1) is 0 Å². The van der Waals surface area contributed by atoms with E-state index >= 15 is 0 Å². The highest BCUT2D eigenvalue weighted by molar-refractivity contribution is 7.92. The maximum absolute atomic E-state index is 12.5. The summed E-state index contributed by atoms with van der Waals surface area (Å²) in [6, 6.07) is 0. The van der Waals surface area contributed by atoms with Crippen LogP contribution in [0.15, 0.2) is 12.4 Å². The van der Waals surface area contributed by atoms with E-state index < -0.39 is 45.6 Å². The van der Waals surface area contributed by atoms with Gasteiger partial charge in [0.1, 0.15) is 5.25 Å². The van der Waals surface area contributed by atoms with Gasteiger partial charge in [0.25, 0.3) is 5.91 Å². The van der Waals surface area contributed by atoms with Crippen molar-refractivity contribution in [3.63, 3.8) is 0 Å². The maximum atomic E-state index is 12.5. The summed E-state index contributed by atoms with van der Waals surface area (Å²) in [5.41, 5.74) is 2.04. The molecule has 3 heterocycles. The van der Waals surface area contributed by atoms with Crippen LogP contribution >= 0.6 is 0 Å². The first-order valence-corrected chi connectivity index (χ1v) is 12.5. The molecule has 1 amide bonds. The van der Waals surface area contributed by atoms with Crippen LogP contribution < -0.4 is 10.9 Å². The molecule has 0 aliphatic carbocycles.